The zero-order valence-electron chi connectivity index (χ0n) is 24.6. The van der Waals surface area contributed by atoms with Crippen LogP contribution in [0.25, 0.3) is 0 Å². The largest absolute Gasteiger partial charge is 0.399 e. The van der Waals surface area contributed by atoms with Gasteiger partial charge in [-0.05, 0) is 79.5 Å². The van der Waals surface area contributed by atoms with Gasteiger partial charge in [-0.15, -0.1) is 0 Å². The summed E-state index contributed by atoms with van der Waals surface area (Å²) in [5.41, 5.74) is -0.453. The molecule has 5 atom stereocenters. The monoisotopic (exact) mass is 635 g/mol. The van der Waals surface area contributed by atoms with Crippen molar-refractivity contribution in [1.29, 1.82) is 0 Å². The van der Waals surface area contributed by atoms with Crippen LogP contribution in [0.2, 0.25) is 0 Å². The van der Waals surface area contributed by atoms with E-state index in [1.54, 1.807) is 18.3 Å². The third kappa shape index (κ3) is 4.28. The van der Waals surface area contributed by atoms with Gasteiger partial charge in [0.1, 0.15) is 17.4 Å². The van der Waals surface area contributed by atoms with Crippen LogP contribution in [0.5, 0.6) is 0 Å². The van der Waals surface area contributed by atoms with Gasteiger partial charge in [-0.25, -0.2) is 13.8 Å². The number of allylic oxidation sites excluding steroid dienone is 1. The lowest BCUT2D eigenvalue weighted by molar-refractivity contribution is -0.162. The zero-order chi connectivity index (χ0) is 32.0. The SMILES string of the molecule is O=C(N[C@@H]1CC[C@@H](c2cccc(F)c2F)Cn2c(C3(C(F)(F)F)CC3)cnc21)c1ccc2c(c1)CC1(C2)C(=O)N[C@H]2N=CC=CC21. The number of hydrogen-bond donors (Lipinski definition) is 2. The summed E-state index contributed by atoms with van der Waals surface area (Å²) < 4.78 is 73.4. The summed E-state index contributed by atoms with van der Waals surface area (Å²) in [5, 5.41) is 5.97. The maximum absolute atomic E-state index is 14.9. The van der Waals surface area contributed by atoms with Crippen molar-refractivity contribution in [3.63, 3.8) is 0 Å². The molecule has 2 fully saturated rings. The Morgan fingerprint density at radius 1 is 1.07 bits per heavy atom. The summed E-state index contributed by atoms with van der Waals surface area (Å²) in [6.07, 6.45) is 3.28. The van der Waals surface area contributed by atoms with Crippen molar-refractivity contribution in [3.05, 3.63) is 100 Å². The second kappa shape index (κ2) is 10.1. The van der Waals surface area contributed by atoms with Gasteiger partial charge >= 0.3 is 6.18 Å². The van der Waals surface area contributed by atoms with Crippen molar-refractivity contribution in [3.8, 4) is 0 Å². The molecule has 46 heavy (non-hydrogen) atoms. The number of benzene rings is 2. The van der Waals surface area contributed by atoms with E-state index >= 15 is 0 Å². The third-order valence-electron chi connectivity index (χ3n) is 10.8. The highest BCUT2D eigenvalue weighted by Crippen LogP contribution is 2.59. The van der Waals surface area contributed by atoms with Gasteiger partial charge in [0.25, 0.3) is 5.91 Å². The van der Waals surface area contributed by atoms with E-state index in [4.69, 9.17) is 0 Å². The lowest BCUT2D eigenvalue weighted by atomic mass is 9.73. The van der Waals surface area contributed by atoms with Gasteiger partial charge in [0.05, 0.1) is 17.2 Å². The van der Waals surface area contributed by atoms with Gasteiger partial charge in [0.2, 0.25) is 5.91 Å². The first kappa shape index (κ1) is 29.1. The van der Waals surface area contributed by atoms with Crippen LogP contribution in [0.1, 0.15) is 76.2 Å². The lowest BCUT2D eigenvalue weighted by Crippen LogP contribution is -2.35. The molecule has 5 aliphatic rings. The number of nitrogens with zero attached hydrogens (tertiary/aromatic N) is 3. The number of amides is 2. The Labute approximate surface area is 261 Å². The molecule has 1 saturated carbocycles. The maximum atomic E-state index is 14.9. The highest BCUT2D eigenvalue weighted by atomic mass is 19.4. The predicted octanol–water partition coefficient (Wildman–Crippen LogP) is 5.60. The van der Waals surface area contributed by atoms with Gasteiger partial charge in [0.15, 0.2) is 11.6 Å². The second-order valence-electron chi connectivity index (χ2n) is 13.3. The van der Waals surface area contributed by atoms with Crippen LogP contribution in [-0.4, -0.2) is 39.9 Å². The fourth-order valence-electron chi connectivity index (χ4n) is 8.12. The van der Waals surface area contributed by atoms with E-state index in [2.05, 4.69) is 20.6 Å². The fourth-order valence-corrected chi connectivity index (χ4v) is 8.12. The lowest BCUT2D eigenvalue weighted by Gasteiger charge is -2.27. The quantitative estimate of drug-likeness (QED) is 0.366. The van der Waals surface area contributed by atoms with Crippen LogP contribution >= 0.6 is 0 Å². The zero-order valence-corrected chi connectivity index (χ0v) is 24.6. The summed E-state index contributed by atoms with van der Waals surface area (Å²) in [5.74, 6) is -3.03. The third-order valence-corrected chi connectivity index (χ3v) is 10.8. The number of imidazole rings is 1. The van der Waals surface area contributed by atoms with Crippen molar-refractivity contribution in [2.75, 3.05) is 0 Å². The highest BCUT2D eigenvalue weighted by molar-refractivity contribution is 5.95. The molecule has 12 heteroatoms. The topological polar surface area (TPSA) is 88.4 Å². The molecular weight excluding hydrogens is 605 g/mol. The van der Waals surface area contributed by atoms with Crippen LogP contribution in [0.15, 0.2) is 59.7 Å². The molecule has 1 aromatic heterocycles. The number of aliphatic imine (C=N–C) groups is 1. The Morgan fingerprint density at radius 3 is 2.65 bits per heavy atom. The molecule has 7 nitrogen and oxygen atoms in total. The van der Waals surface area contributed by atoms with E-state index in [9.17, 15) is 31.5 Å². The Bertz CT molecular complexity index is 1840. The number of halogens is 5. The van der Waals surface area contributed by atoms with E-state index in [1.165, 1.54) is 22.9 Å². The molecule has 2 amide bonds. The first-order chi connectivity index (χ1) is 22.0. The van der Waals surface area contributed by atoms with E-state index in [0.29, 0.717) is 18.4 Å². The molecule has 1 saturated heterocycles. The van der Waals surface area contributed by atoms with Crippen LogP contribution < -0.4 is 10.6 Å². The number of alkyl halides is 3. The normalized spacial score (nSPS) is 28.8. The summed E-state index contributed by atoms with van der Waals surface area (Å²) >= 11 is 0. The van der Waals surface area contributed by atoms with Crippen LogP contribution in [0.3, 0.4) is 0 Å². The Kier molecular flexibility index (Phi) is 6.37. The first-order valence-electron chi connectivity index (χ1n) is 15.5. The molecule has 2 unspecified atom stereocenters. The molecule has 238 valence electrons. The molecule has 3 aromatic rings. The average Bonchev–Trinajstić information content (AvgIpc) is 3.56. The van der Waals surface area contributed by atoms with Gasteiger partial charge in [-0.2, -0.15) is 13.2 Å². The minimum atomic E-state index is -4.51. The molecule has 3 aliphatic heterocycles. The smallest absolute Gasteiger partial charge is 0.342 e. The fraction of sp³-hybridized carbons (Fsp3) is 0.412. The number of carbonyl (C=O) groups excluding carboxylic acids is 2. The second-order valence-corrected chi connectivity index (χ2v) is 13.3. The number of hydrogen-bond acceptors (Lipinski definition) is 4. The molecule has 2 N–H and O–H groups in total. The van der Waals surface area contributed by atoms with E-state index in [0.717, 1.165) is 17.2 Å². The van der Waals surface area contributed by atoms with Gasteiger partial charge in [0, 0.05) is 36.4 Å². The number of carbonyl (C=O) groups is 2. The number of rotatable bonds is 4. The van der Waals surface area contributed by atoms with E-state index < -0.39 is 46.5 Å². The number of fused-ring (bicyclic) bond motifs is 4. The van der Waals surface area contributed by atoms with Gasteiger partial charge in [-0.1, -0.05) is 24.3 Å². The predicted molar refractivity (Wildman–Crippen MR) is 157 cm³/mol. The van der Waals surface area contributed by atoms with Gasteiger partial charge in [-0.3, -0.25) is 14.6 Å². The average molecular weight is 636 g/mol. The molecule has 0 radical (unpaired) electrons. The van der Waals surface area contributed by atoms with Crippen LogP contribution in [-0.2, 0) is 29.6 Å². The number of aromatic nitrogens is 2. The maximum Gasteiger partial charge on any atom is 0.399 e. The number of nitrogens with one attached hydrogen (secondary N) is 2. The minimum Gasteiger partial charge on any atom is -0.342 e. The van der Waals surface area contributed by atoms with Gasteiger partial charge < -0.3 is 15.2 Å². The van der Waals surface area contributed by atoms with Crippen molar-refractivity contribution >= 4 is 18.0 Å². The van der Waals surface area contributed by atoms with E-state index in [-0.39, 0.29) is 67.3 Å². The van der Waals surface area contributed by atoms with Crippen molar-refractivity contribution in [2.45, 2.75) is 74.8 Å². The Balaban J connectivity index is 1.09. The van der Waals surface area contributed by atoms with E-state index in [1.807, 2.05) is 18.2 Å². The van der Waals surface area contributed by atoms with Crippen molar-refractivity contribution in [2.24, 2.45) is 16.3 Å². The summed E-state index contributed by atoms with van der Waals surface area (Å²) in [7, 11) is 0. The summed E-state index contributed by atoms with van der Waals surface area (Å²) in [6, 6.07) is 8.40. The molecule has 2 aliphatic carbocycles. The number of dihydropyridines is 1. The Hall–Kier alpha value is -4.35. The molecular formula is C34H30F5N5O2. The molecule has 8 rings (SSSR count). The summed E-state index contributed by atoms with van der Waals surface area (Å²) in [6.45, 7) is -0.0289. The van der Waals surface area contributed by atoms with Crippen molar-refractivity contribution < 1.29 is 31.5 Å². The molecule has 1 spiro atoms. The van der Waals surface area contributed by atoms with Crippen LogP contribution in [0, 0.1) is 23.0 Å². The first-order valence-corrected chi connectivity index (χ1v) is 15.5. The molecule has 4 heterocycles. The highest BCUT2D eigenvalue weighted by Gasteiger charge is 2.66. The summed E-state index contributed by atoms with van der Waals surface area (Å²) in [4.78, 5) is 35.7. The molecule has 2 aromatic carbocycles. The Morgan fingerprint density at radius 2 is 1.87 bits per heavy atom. The molecule has 0 bridgehead atoms. The standard InChI is InChI=1S/C34H30F5N5O2/c35-24-5-1-3-22(27(24)36)20-8-9-25(29-41-16-26(44(29)17-20)33(10-11-33)34(37,38)39)42-30(45)18-6-7-19-14-32(15-21(19)13-18)23-4-2-12-40-28(23)43-31(32)46/h1-7,12-13,16,20,23,25,28H,8-11,14-15,17H2,(H,42,45)(H,43,46)/t20-,23?,25-,28-,32?/m1/s1. The van der Waals surface area contributed by atoms with Crippen molar-refractivity contribution in [1.82, 2.24) is 20.2 Å². The van der Waals surface area contributed by atoms with Crippen LogP contribution in [0.4, 0.5) is 22.0 Å². The minimum absolute atomic E-state index is 0.0185.